The van der Waals surface area contributed by atoms with Crippen LogP contribution in [-0.4, -0.2) is 64.6 Å². The van der Waals surface area contributed by atoms with Crippen molar-refractivity contribution in [2.24, 2.45) is 5.90 Å². The lowest BCUT2D eigenvalue weighted by molar-refractivity contribution is -0.137. The molecule has 10 nitrogen and oxygen atoms in total. The SMILES string of the molecule is NOCNC(=O)CCOCCOCCNC(=O)COC=O. The first-order valence-electron chi connectivity index (χ1n) is 6.26. The molecule has 0 aliphatic heterocycles. The first kappa shape index (κ1) is 19.2. The van der Waals surface area contributed by atoms with Crippen molar-refractivity contribution < 1.29 is 33.4 Å². The molecule has 0 aliphatic rings. The summed E-state index contributed by atoms with van der Waals surface area (Å²) < 4.78 is 14.6. The maximum absolute atomic E-state index is 11.1. The van der Waals surface area contributed by atoms with Gasteiger partial charge in [0.2, 0.25) is 5.91 Å². The molecular formula is C11H21N3O7. The van der Waals surface area contributed by atoms with Crippen LogP contribution in [0.4, 0.5) is 0 Å². The molecule has 0 aromatic heterocycles. The highest BCUT2D eigenvalue weighted by atomic mass is 16.6. The second-order valence-corrected chi connectivity index (χ2v) is 3.64. The Balaban J connectivity index is 3.20. The van der Waals surface area contributed by atoms with E-state index in [1.54, 1.807) is 0 Å². The minimum absolute atomic E-state index is 0.0362. The van der Waals surface area contributed by atoms with Gasteiger partial charge in [0.15, 0.2) is 6.61 Å². The number of hydrogen-bond donors (Lipinski definition) is 3. The summed E-state index contributed by atoms with van der Waals surface area (Å²) in [4.78, 5) is 36.1. The van der Waals surface area contributed by atoms with E-state index in [2.05, 4.69) is 20.2 Å². The molecule has 0 bridgehead atoms. The first-order chi connectivity index (χ1) is 10.2. The summed E-state index contributed by atoms with van der Waals surface area (Å²) in [6, 6.07) is 0. The van der Waals surface area contributed by atoms with E-state index in [9.17, 15) is 14.4 Å². The Morgan fingerprint density at radius 2 is 1.71 bits per heavy atom. The van der Waals surface area contributed by atoms with E-state index in [0.29, 0.717) is 26.4 Å². The van der Waals surface area contributed by atoms with E-state index < -0.39 is 5.91 Å². The van der Waals surface area contributed by atoms with Crippen LogP contribution in [0.1, 0.15) is 6.42 Å². The number of rotatable bonds is 14. The third-order valence-corrected chi connectivity index (χ3v) is 2.05. The molecule has 0 spiro atoms. The molecule has 4 N–H and O–H groups in total. The van der Waals surface area contributed by atoms with Crippen molar-refractivity contribution in [2.75, 3.05) is 46.3 Å². The Hall–Kier alpha value is -1.75. The van der Waals surface area contributed by atoms with Gasteiger partial charge in [-0.25, -0.2) is 5.90 Å². The Bertz CT molecular complexity index is 302. The van der Waals surface area contributed by atoms with Crippen molar-refractivity contribution in [3.63, 3.8) is 0 Å². The van der Waals surface area contributed by atoms with Gasteiger partial charge in [-0.2, -0.15) is 0 Å². The molecule has 122 valence electrons. The van der Waals surface area contributed by atoms with Crippen LogP contribution in [0.5, 0.6) is 0 Å². The zero-order valence-corrected chi connectivity index (χ0v) is 11.7. The molecule has 0 heterocycles. The summed E-state index contributed by atoms with van der Waals surface area (Å²) in [5.74, 6) is 4.13. The fourth-order valence-electron chi connectivity index (χ4n) is 1.12. The van der Waals surface area contributed by atoms with Gasteiger partial charge >= 0.3 is 0 Å². The fourth-order valence-corrected chi connectivity index (χ4v) is 1.12. The van der Waals surface area contributed by atoms with Gasteiger partial charge in [0.25, 0.3) is 12.4 Å². The highest BCUT2D eigenvalue weighted by molar-refractivity contribution is 5.78. The number of amides is 2. The van der Waals surface area contributed by atoms with Crippen LogP contribution in [-0.2, 0) is 33.4 Å². The van der Waals surface area contributed by atoms with E-state index in [4.69, 9.17) is 15.4 Å². The van der Waals surface area contributed by atoms with Crippen LogP contribution < -0.4 is 16.5 Å². The van der Waals surface area contributed by atoms with Gasteiger partial charge in [-0.05, 0) is 0 Å². The molecular weight excluding hydrogens is 286 g/mol. The Morgan fingerprint density at radius 3 is 2.38 bits per heavy atom. The summed E-state index contributed by atoms with van der Waals surface area (Å²) in [6.45, 7) is 1.43. The van der Waals surface area contributed by atoms with Crippen molar-refractivity contribution in [3.8, 4) is 0 Å². The minimum atomic E-state index is -0.394. The van der Waals surface area contributed by atoms with Gasteiger partial charge in [0.1, 0.15) is 6.73 Å². The van der Waals surface area contributed by atoms with E-state index >= 15 is 0 Å². The van der Waals surface area contributed by atoms with Crippen molar-refractivity contribution >= 4 is 18.3 Å². The molecule has 0 aromatic carbocycles. The number of nitrogens with one attached hydrogen (secondary N) is 2. The fraction of sp³-hybridized carbons (Fsp3) is 0.727. The molecule has 10 heteroatoms. The smallest absolute Gasteiger partial charge is 0.293 e. The van der Waals surface area contributed by atoms with Crippen molar-refractivity contribution in [1.82, 2.24) is 10.6 Å². The minimum Gasteiger partial charge on any atom is -0.458 e. The zero-order valence-electron chi connectivity index (χ0n) is 11.7. The predicted octanol–water partition coefficient (Wildman–Crippen LogP) is -2.34. The lowest BCUT2D eigenvalue weighted by Gasteiger charge is -2.07. The molecule has 0 atom stereocenters. The maximum Gasteiger partial charge on any atom is 0.293 e. The molecule has 0 fully saturated rings. The molecule has 0 aliphatic carbocycles. The second kappa shape index (κ2) is 14.7. The third kappa shape index (κ3) is 14.5. The van der Waals surface area contributed by atoms with Gasteiger partial charge in [0, 0.05) is 6.54 Å². The summed E-state index contributed by atoms with van der Waals surface area (Å²) in [5.41, 5.74) is 0. The van der Waals surface area contributed by atoms with Gasteiger partial charge in [-0.15, -0.1) is 0 Å². The Morgan fingerprint density at radius 1 is 1.00 bits per heavy atom. The van der Waals surface area contributed by atoms with Crippen LogP contribution in [0.3, 0.4) is 0 Å². The average Bonchev–Trinajstić information content (AvgIpc) is 2.49. The topological polar surface area (TPSA) is 138 Å². The van der Waals surface area contributed by atoms with Crippen molar-refractivity contribution in [1.29, 1.82) is 0 Å². The van der Waals surface area contributed by atoms with Crippen LogP contribution in [0.25, 0.3) is 0 Å². The molecule has 0 radical (unpaired) electrons. The van der Waals surface area contributed by atoms with E-state index in [0.717, 1.165) is 0 Å². The molecule has 0 rings (SSSR count). The van der Waals surface area contributed by atoms with E-state index in [1.165, 1.54) is 0 Å². The standard InChI is InChI=1S/C11H21N3O7/c12-21-8-14-10(16)1-3-18-5-6-19-4-2-13-11(17)7-20-9-15/h9H,1-8,12H2,(H,13,17)(H,14,16). The normalized spacial score (nSPS) is 9.95. The number of hydrogen-bond acceptors (Lipinski definition) is 8. The third-order valence-electron chi connectivity index (χ3n) is 2.05. The van der Waals surface area contributed by atoms with E-state index in [1.807, 2.05) is 0 Å². The number of nitrogens with two attached hydrogens (primary N) is 1. The summed E-state index contributed by atoms with van der Waals surface area (Å²) in [7, 11) is 0. The van der Waals surface area contributed by atoms with Crippen LogP contribution in [0.15, 0.2) is 0 Å². The Kier molecular flexibility index (Phi) is 13.4. The highest BCUT2D eigenvalue weighted by Crippen LogP contribution is 1.84. The summed E-state index contributed by atoms with van der Waals surface area (Å²) >= 11 is 0. The first-order valence-corrected chi connectivity index (χ1v) is 6.26. The lowest BCUT2D eigenvalue weighted by Crippen LogP contribution is -2.30. The summed E-state index contributed by atoms with van der Waals surface area (Å²) in [5, 5.41) is 4.90. The Labute approximate surface area is 122 Å². The zero-order chi connectivity index (χ0) is 15.8. The number of carbonyl (C=O) groups excluding carboxylic acids is 3. The van der Waals surface area contributed by atoms with Crippen molar-refractivity contribution in [3.05, 3.63) is 0 Å². The van der Waals surface area contributed by atoms with Gasteiger partial charge in [0.05, 0.1) is 32.8 Å². The van der Waals surface area contributed by atoms with Gasteiger partial charge in [-0.1, -0.05) is 0 Å². The van der Waals surface area contributed by atoms with Crippen LogP contribution >= 0.6 is 0 Å². The molecule has 0 saturated carbocycles. The van der Waals surface area contributed by atoms with E-state index in [-0.39, 0.29) is 38.7 Å². The summed E-state index contributed by atoms with van der Waals surface area (Å²) in [6.07, 6.45) is 0.205. The van der Waals surface area contributed by atoms with Crippen LogP contribution in [0.2, 0.25) is 0 Å². The van der Waals surface area contributed by atoms with Crippen LogP contribution in [0, 0.1) is 0 Å². The van der Waals surface area contributed by atoms with Crippen molar-refractivity contribution in [2.45, 2.75) is 6.42 Å². The molecule has 2 amide bonds. The second-order valence-electron chi connectivity index (χ2n) is 3.64. The van der Waals surface area contributed by atoms with Gasteiger partial charge < -0.3 is 24.8 Å². The largest absolute Gasteiger partial charge is 0.458 e. The lowest BCUT2D eigenvalue weighted by atomic mass is 10.4. The highest BCUT2D eigenvalue weighted by Gasteiger charge is 2.01. The molecule has 0 unspecified atom stereocenters. The molecule has 0 saturated heterocycles. The average molecular weight is 307 g/mol. The predicted molar refractivity (Wildman–Crippen MR) is 69.6 cm³/mol. The number of ether oxygens (including phenoxy) is 3. The monoisotopic (exact) mass is 307 g/mol. The molecule has 21 heavy (non-hydrogen) atoms. The maximum atomic E-state index is 11.1. The number of carbonyl (C=O) groups is 3. The molecule has 0 aromatic rings. The quantitative estimate of drug-likeness (QED) is 0.140. The van der Waals surface area contributed by atoms with Gasteiger partial charge in [-0.3, -0.25) is 19.2 Å².